The first-order valence-electron chi connectivity index (χ1n) is 4.34. The first kappa shape index (κ1) is 8.97. The molecule has 0 spiro atoms. The van der Waals surface area contributed by atoms with Crippen molar-refractivity contribution in [2.24, 2.45) is 0 Å². The Kier molecular flexibility index (Phi) is 2.51. The quantitative estimate of drug-likeness (QED) is 0.687. The third-order valence-corrected chi connectivity index (χ3v) is 3.16. The molecule has 2 aromatic rings. The van der Waals surface area contributed by atoms with E-state index in [1.54, 1.807) is 11.3 Å². The average Bonchev–Trinajstić information content (AvgIpc) is 2.52. The van der Waals surface area contributed by atoms with E-state index >= 15 is 0 Å². The van der Waals surface area contributed by atoms with Gasteiger partial charge in [-0.1, -0.05) is 24.9 Å². The van der Waals surface area contributed by atoms with Crippen molar-refractivity contribution in [3.8, 4) is 0 Å². The van der Waals surface area contributed by atoms with E-state index in [1.807, 2.05) is 11.4 Å². The standard InChI is InChI=1S/C10H10ClNS/c1-2-3-7-6-9-8(4-5-13-9)12-10(7)11/h4-6H,2-3H2,1H3. The van der Waals surface area contributed by atoms with Gasteiger partial charge in [0.05, 0.1) is 10.2 Å². The summed E-state index contributed by atoms with van der Waals surface area (Å²) in [6, 6.07) is 4.15. The molecule has 1 nitrogen and oxygen atoms in total. The summed E-state index contributed by atoms with van der Waals surface area (Å²) in [5.41, 5.74) is 2.17. The number of thiophene rings is 1. The molecule has 3 heteroatoms. The van der Waals surface area contributed by atoms with Gasteiger partial charge in [0.15, 0.2) is 0 Å². The summed E-state index contributed by atoms with van der Waals surface area (Å²) < 4.78 is 1.23. The number of halogens is 1. The van der Waals surface area contributed by atoms with Crippen molar-refractivity contribution in [1.82, 2.24) is 4.98 Å². The monoisotopic (exact) mass is 211 g/mol. The van der Waals surface area contributed by atoms with Gasteiger partial charge in [-0.2, -0.15) is 0 Å². The Labute approximate surface area is 86.4 Å². The summed E-state index contributed by atoms with van der Waals surface area (Å²) in [6.07, 6.45) is 2.12. The van der Waals surface area contributed by atoms with Crippen LogP contribution in [0.2, 0.25) is 5.15 Å². The summed E-state index contributed by atoms with van der Waals surface area (Å²) in [5.74, 6) is 0. The van der Waals surface area contributed by atoms with Crippen molar-refractivity contribution in [1.29, 1.82) is 0 Å². The molecule has 0 fully saturated rings. The normalized spacial score (nSPS) is 10.9. The fraction of sp³-hybridized carbons (Fsp3) is 0.300. The van der Waals surface area contributed by atoms with Crippen LogP contribution in [0.4, 0.5) is 0 Å². The lowest BCUT2D eigenvalue weighted by Crippen LogP contribution is -1.87. The predicted molar refractivity (Wildman–Crippen MR) is 58.6 cm³/mol. The topological polar surface area (TPSA) is 12.9 Å². The van der Waals surface area contributed by atoms with Crippen LogP contribution in [-0.4, -0.2) is 4.98 Å². The number of pyridine rings is 1. The third kappa shape index (κ3) is 1.69. The van der Waals surface area contributed by atoms with Gasteiger partial charge < -0.3 is 0 Å². The molecule has 0 aliphatic rings. The minimum Gasteiger partial charge on any atom is -0.235 e. The van der Waals surface area contributed by atoms with Gasteiger partial charge in [-0.15, -0.1) is 11.3 Å². The van der Waals surface area contributed by atoms with Crippen LogP contribution < -0.4 is 0 Å². The van der Waals surface area contributed by atoms with Crippen molar-refractivity contribution in [2.45, 2.75) is 19.8 Å². The molecule has 0 unspecified atom stereocenters. The summed E-state index contributed by atoms with van der Waals surface area (Å²) in [6.45, 7) is 2.15. The number of nitrogens with zero attached hydrogens (tertiary/aromatic N) is 1. The number of fused-ring (bicyclic) bond motifs is 1. The van der Waals surface area contributed by atoms with Gasteiger partial charge in [0, 0.05) is 0 Å². The van der Waals surface area contributed by atoms with Crippen molar-refractivity contribution in [2.75, 3.05) is 0 Å². The Bertz CT molecular complexity index is 422. The SMILES string of the molecule is CCCc1cc2sccc2nc1Cl. The van der Waals surface area contributed by atoms with Gasteiger partial charge in [0.1, 0.15) is 5.15 Å². The molecule has 0 amide bonds. The Hall–Kier alpha value is -0.600. The molecular formula is C10H10ClNS. The zero-order valence-electron chi connectivity index (χ0n) is 7.38. The van der Waals surface area contributed by atoms with Crippen LogP contribution in [0.5, 0.6) is 0 Å². The maximum absolute atomic E-state index is 6.03. The summed E-state index contributed by atoms with van der Waals surface area (Å²) >= 11 is 7.75. The van der Waals surface area contributed by atoms with Gasteiger partial charge in [0.2, 0.25) is 0 Å². The van der Waals surface area contributed by atoms with E-state index in [0.717, 1.165) is 18.4 Å². The van der Waals surface area contributed by atoms with Crippen LogP contribution in [0.25, 0.3) is 10.2 Å². The molecule has 0 saturated heterocycles. The van der Waals surface area contributed by atoms with Gasteiger partial charge in [-0.05, 0) is 29.5 Å². The highest BCUT2D eigenvalue weighted by Crippen LogP contribution is 2.25. The molecule has 0 aromatic carbocycles. The lowest BCUT2D eigenvalue weighted by molar-refractivity contribution is 0.918. The van der Waals surface area contributed by atoms with Crippen LogP contribution in [0.1, 0.15) is 18.9 Å². The van der Waals surface area contributed by atoms with Gasteiger partial charge in [0.25, 0.3) is 0 Å². The summed E-state index contributed by atoms with van der Waals surface area (Å²) in [5, 5.41) is 2.71. The number of rotatable bonds is 2. The van der Waals surface area contributed by atoms with Crippen molar-refractivity contribution >= 4 is 33.2 Å². The molecule has 0 saturated carbocycles. The zero-order chi connectivity index (χ0) is 9.26. The fourth-order valence-electron chi connectivity index (χ4n) is 1.35. The first-order chi connectivity index (χ1) is 6.31. The highest BCUT2D eigenvalue weighted by atomic mass is 35.5. The van der Waals surface area contributed by atoms with Crippen molar-refractivity contribution in [3.63, 3.8) is 0 Å². The van der Waals surface area contributed by atoms with E-state index in [0.29, 0.717) is 5.15 Å². The molecule has 0 aliphatic heterocycles. The molecule has 2 rings (SSSR count). The lowest BCUT2D eigenvalue weighted by Gasteiger charge is -2.00. The molecule has 0 atom stereocenters. The van der Waals surface area contributed by atoms with Crippen LogP contribution >= 0.6 is 22.9 Å². The second-order valence-electron chi connectivity index (χ2n) is 2.99. The summed E-state index contributed by atoms with van der Waals surface area (Å²) in [7, 11) is 0. The fourth-order valence-corrected chi connectivity index (χ4v) is 2.38. The maximum Gasteiger partial charge on any atom is 0.133 e. The lowest BCUT2D eigenvalue weighted by atomic mass is 10.2. The van der Waals surface area contributed by atoms with E-state index in [9.17, 15) is 0 Å². The van der Waals surface area contributed by atoms with Gasteiger partial charge in [-0.25, -0.2) is 4.98 Å². The van der Waals surface area contributed by atoms with Crippen LogP contribution in [0.3, 0.4) is 0 Å². The van der Waals surface area contributed by atoms with E-state index in [4.69, 9.17) is 11.6 Å². The number of aryl methyl sites for hydroxylation is 1. The van der Waals surface area contributed by atoms with Gasteiger partial charge >= 0.3 is 0 Å². The average molecular weight is 212 g/mol. The van der Waals surface area contributed by atoms with Crippen molar-refractivity contribution in [3.05, 3.63) is 28.2 Å². The van der Waals surface area contributed by atoms with E-state index in [2.05, 4.69) is 18.0 Å². The molecular weight excluding hydrogens is 202 g/mol. The number of hydrogen-bond donors (Lipinski definition) is 0. The Morgan fingerprint density at radius 3 is 3.15 bits per heavy atom. The molecule has 2 heterocycles. The second kappa shape index (κ2) is 3.64. The van der Waals surface area contributed by atoms with Crippen LogP contribution in [0.15, 0.2) is 17.5 Å². The maximum atomic E-state index is 6.03. The zero-order valence-corrected chi connectivity index (χ0v) is 8.95. The molecule has 0 bridgehead atoms. The molecule has 68 valence electrons. The van der Waals surface area contributed by atoms with Crippen molar-refractivity contribution < 1.29 is 0 Å². The predicted octanol–water partition coefficient (Wildman–Crippen LogP) is 3.90. The van der Waals surface area contributed by atoms with Crippen LogP contribution in [-0.2, 0) is 6.42 Å². The highest BCUT2D eigenvalue weighted by molar-refractivity contribution is 7.17. The Morgan fingerprint density at radius 2 is 2.38 bits per heavy atom. The third-order valence-electron chi connectivity index (χ3n) is 1.98. The van der Waals surface area contributed by atoms with Crippen LogP contribution in [0, 0.1) is 0 Å². The first-order valence-corrected chi connectivity index (χ1v) is 5.59. The Balaban J connectivity index is 2.56. The number of aromatic nitrogens is 1. The van der Waals surface area contributed by atoms with E-state index in [-0.39, 0.29) is 0 Å². The number of hydrogen-bond acceptors (Lipinski definition) is 2. The molecule has 0 aliphatic carbocycles. The molecule has 13 heavy (non-hydrogen) atoms. The van der Waals surface area contributed by atoms with E-state index < -0.39 is 0 Å². The molecule has 0 N–H and O–H groups in total. The summed E-state index contributed by atoms with van der Waals surface area (Å²) in [4.78, 5) is 4.33. The Morgan fingerprint density at radius 1 is 1.54 bits per heavy atom. The smallest absolute Gasteiger partial charge is 0.133 e. The minimum atomic E-state index is 0.660. The van der Waals surface area contributed by atoms with Gasteiger partial charge in [-0.3, -0.25) is 0 Å². The second-order valence-corrected chi connectivity index (χ2v) is 4.30. The largest absolute Gasteiger partial charge is 0.235 e. The molecule has 2 aromatic heterocycles. The highest BCUT2D eigenvalue weighted by Gasteiger charge is 2.04. The van der Waals surface area contributed by atoms with E-state index in [1.165, 1.54) is 10.3 Å². The minimum absolute atomic E-state index is 0.660. The molecule has 0 radical (unpaired) electrons.